The van der Waals surface area contributed by atoms with Gasteiger partial charge in [0, 0.05) is 16.5 Å². The first-order valence-electron chi connectivity index (χ1n) is 5.06. The smallest absolute Gasteiger partial charge is 0.128 e. The molecule has 0 aromatic heterocycles. The van der Waals surface area contributed by atoms with Crippen LogP contribution in [0.25, 0.3) is 0 Å². The van der Waals surface area contributed by atoms with E-state index in [0.29, 0.717) is 6.42 Å². The first-order valence-corrected chi connectivity index (χ1v) is 5.85. The van der Waals surface area contributed by atoms with Crippen LogP contribution in [0.3, 0.4) is 0 Å². The van der Waals surface area contributed by atoms with Crippen molar-refractivity contribution < 1.29 is 9.84 Å². The number of ether oxygens (including phenoxy) is 1. The van der Waals surface area contributed by atoms with E-state index in [0.717, 1.165) is 21.3 Å². The first-order chi connectivity index (χ1) is 6.89. The Balaban J connectivity index is 2.55. The number of hydrogen-bond acceptors (Lipinski definition) is 2. The summed E-state index contributed by atoms with van der Waals surface area (Å²) < 4.78 is 6.88. The maximum Gasteiger partial charge on any atom is 0.128 e. The summed E-state index contributed by atoms with van der Waals surface area (Å²) in [6.45, 7) is 6.00. The maximum absolute atomic E-state index is 10.0. The van der Waals surface area contributed by atoms with Crippen LogP contribution in [-0.2, 0) is 0 Å². The van der Waals surface area contributed by atoms with Crippen molar-refractivity contribution in [3.8, 4) is 5.75 Å². The van der Waals surface area contributed by atoms with Gasteiger partial charge in [0.25, 0.3) is 0 Å². The van der Waals surface area contributed by atoms with Crippen LogP contribution < -0.4 is 4.74 Å². The molecule has 0 saturated carbocycles. The number of halogens is 1. The minimum Gasteiger partial charge on any atom is -0.487 e. The summed E-state index contributed by atoms with van der Waals surface area (Å²) in [5.41, 5.74) is 1.66. The van der Waals surface area contributed by atoms with Gasteiger partial charge in [-0.3, -0.25) is 0 Å². The van der Waals surface area contributed by atoms with Crippen LogP contribution in [0, 0.1) is 6.92 Å². The summed E-state index contributed by atoms with van der Waals surface area (Å²) in [5, 5.41) is 10.0. The molecule has 0 amide bonds. The highest BCUT2D eigenvalue weighted by Gasteiger charge is 2.33. The highest BCUT2D eigenvalue weighted by Crippen LogP contribution is 2.42. The van der Waals surface area contributed by atoms with E-state index in [1.807, 2.05) is 32.9 Å². The summed E-state index contributed by atoms with van der Waals surface area (Å²) in [6.07, 6.45) is 0.204. The zero-order valence-electron chi connectivity index (χ0n) is 9.17. The quantitative estimate of drug-likeness (QED) is 0.784. The fourth-order valence-corrected chi connectivity index (χ4v) is 2.63. The van der Waals surface area contributed by atoms with Crippen LogP contribution in [-0.4, -0.2) is 10.7 Å². The Morgan fingerprint density at radius 2 is 2.13 bits per heavy atom. The van der Waals surface area contributed by atoms with Crippen LogP contribution in [0.4, 0.5) is 0 Å². The lowest BCUT2D eigenvalue weighted by Gasteiger charge is -2.36. The molecule has 0 radical (unpaired) electrons. The van der Waals surface area contributed by atoms with E-state index < -0.39 is 6.10 Å². The zero-order valence-corrected chi connectivity index (χ0v) is 10.8. The Bertz CT molecular complexity index is 399. The molecule has 1 N–H and O–H groups in total. The summed E-state index contributed by atoms with van der Waals surface area (Å²) in [7, 11) is 0. The third kappa shape index (κ3) is 2.04. The molecule has 1 heterocycles. The van der Waals surface area contributed by atoms with E-state index in [4.69, 9.17) is 4.74 Å². The van der Waals surface area contributed by atoms with Gasteiger partial charge in [0.05, 0.1) is 6.10 Å². The van der Waals surface area contributed by atoms with Gasteiger partial charge in [0.15, 0.2) is 0 Å². The van der Waals surface area contributed by atoms with Crippen LogP contribution in [0.1, 0.15) is 37.5 Å². The second-order valence-corrected chi connectivity index (χ2v) is 5.64. The molecule has 0 bridgehead atoms. The monoisotopic (exact) mass is 270 g/mol. The van der Waals surface area contributed by atoms with E-state index in [2.05, 4.69) is 15.9 Å². The fraction of sp³-hybridized carbons (Fsp3) is 0.500. The van der Waals surface area contributed by atoms with E-state index in [9.17, 15) is 5.11 Å². The SMILES string of the molecule is Cc1cc(Br)cc2c1OC(C)(C)CC2O. The van der Waals surface area contributed by atoms with E-state index in [1.54, 1.807) is 0 Å². The van der Waals surface area contributed by atoms with Crippen LogP contribution >= 0.6 is 15.9 Å². The number of aliphatic hydroxyl groups excluding tert-OH is 1. The summed E-state index contributed by atoms with van der Waals surface area (Å²) >= 11 is 3.43. The second-order valence-electron chi connectivity index (χ2n) is 4.72. The van der Waals surface area contributed by atoms with Crippen molar-refractivity contribution in [2.45, 2.75) is 38.9 Å². The van der Waals surface area contributed by atoms with E-state index in [-0.39, 0.29) is 5.60 Å². The predicted molar refractivity (Wildman–Crippen MR) is 63.2 cm³/mol. The normalized spacial score (nSPS) is 23.1. The highest BCUT2D eigenvalue weighted by atomic mass is 79.9. The minimum absolute atomic E-state index is 0.287. The largest absolute Gasteiger partial charge is 0.487 e. The van der Waals surface area contributed by atoms with Crippen molar-refractivity contribution >= 4 is 15.9 Å². The van der Waals surface area contributed by atoms with Crippen LogP contribution in [0.2, 0.25) is 0 Å². The molecular formula is C12H15BrO2. The maximum atomic E-state index is 10.0. The number of benzene rings is 1. The molecule has 1 aliphatic rings. The van der Waals surface area contributed by atoms with Crippen molar-refractivity contribution in [1.82, 2.24) is 0 Å². The Hall–Kier alpha value is -0.540. The average Bonchev–Trinajstić information content (AvgIpc) is 2.06. The molecule has 0 saturated heterocycles. The number of aliphatic hydroxyl groups is 1. The molecule has 0 aliphatic carbocycles. The Kier molecular flexibility index (Phi) is 2.55. The van der Waals surface area contributed by atoms with Gasteiger partial charge in [-0.25, -0.2) is 0 Å². The van der Waals surface area contributed by atoms with Crippen molar-refractivity contribution in [1.29, 1.82) is 0 Å². The van der Waals surface area contributed by atoms with Crippen molar-refractivity contribution in [3.05, 3.63) is 27.7 Å². The molecule has 1 unspecified atom stereocenters. The number of rotatable bonds is 0. The molecule has 0 fully saturated rings. The van der Waals surface area contributed by atoms with Crippen molar-refractivity contribution in [3.63, 3.8) is 0 Å². The Labute approximate surface area is 98.4 Å². The second kappa shape index (κ2) is 3.49. The third-order valence-electron chi connectivity index (χ3n) is 2.69. The van der Waals surface area contributed by atoms with Crippen molar-refractivity contribution in [2.24, 2.45) is 0 Å². The predicted octanol–water partition coefficient (Wildman–Crippen LogP) is 3.35. The van der Waals surface area contributed by atoms with E-state index >= 15 is 0 Å². The van der Waals surface area contributed by atoms with Gasteiger partial charge in [-0.2, -0.15) is 0 Å². The fourth-order valence-electron chi connectivity index (χ4n) is 2.04. The molecule has 1 aliphatic heterocycles. The molecular weight excluding hydrogens is 256 g/mol. The lowest BCUT2D eigenvalue weighted by molar-refractivity contribution is 0.0108. The Morgan fingerprint density at radius 3 is 2.80 bits per heavy atom. The van der Waals surface area contributed by atoms with Gasteiger partial charge in [-0.1, -0.05) is 15.9 Å². The molecule has 1 aromatic carbocycles. The Morgan fingerprint density at radius 1 is 1.47 bits per heavy atom. The lowest BCUT2D eigenvalue weighted by atomic mass is 9.90. The lowest BCUT2D eigenvalue weighted by Crippen LogP contribution is -2.35. The molecule has 0 spiro atoms. The summed E-state index contributed by atoms with van der Waals surface area (Å²) in [4.78, 5) is 0. The number of hydrogen-bond donors (Lipinski definition) is 1. The van der Waals surface area contributed by atoms with Gasteiger partial charge in [-0.15, -0.1) is 0 Å². The molecule has 2 rings (SSSR count). The van der Waals surface area contributed by atoms with E-state index in [1.165, 1.54) is 0 Å². The number of aryl methyl sites for hydroxylation is 1. The topological polar surface area (TPSA) is 29.5 Å². The molecule has 15 heavy (non-hydrogen) atoms. The third-order valence-corrected chi connectivity index (χ3v) is 3.15. The van der Waals surface area contributed by atoms with Crippen LogP contribution in [0.15, 0.2) is 16.6 Å². The van der Waals surface area contributed by atoms with Gasteiger partial charge >= 0.3 is 0 Å². The van der Waals surface area contributed by atoms with Crippen molar-refractivity contribution in [2.75, 3.05) is 0 Å². The average molecular weight is 271 g/mol. The van der Waals surface area contributed by atoms with Gasteiger partial charge in [0.2, 0.25) is 0 Å². The van der Waals surface area contributed by atoms with Crippen LogP contribution in [0.5, 0.6) is 5.75 Å². The summed E-state index contributed by atoms with van der Waals surface area (Å²) in [5.74, 6) is 0.835. The minimum atomic E-state index is -0.431. The molecule has 2 nitrogen and oxygen atoms in total. The highest BCUT2D eigenvalue weighted by molar-refractivity contribution is 9.10. The standard InChI is InChI=1S/C12H15BrO2/c1-7-4-8(13)5-9-10(14)6-12(2,3)15-11(7)9/h4-5,10,14H,6H2,1-3H3. The number of fused-ring (bicyclic) bond motifs is 1. The zero-order chi connectivity index (χ0) is 11.2. The van der Waals surface area contributed by atoms with Gasteiger partial charge in [-0.05, 0) is 38.5 Å². The molecule has 1 atom stereocenters. The van der Waals surface area contributed by atoms with Gasteiger partial charge in [0.1, 0.15) is 11.4 Å². The molecule has 3 heteroatoms. The molecule has 82 valence electrons. The van der Waals surface area contributed by atoms with Gasteiger partial charge < -0.3 is 9.84 Å². The molecule has 1 aromatic rings. The first kappa shape index (κ1) is 11.0. The summed E-state index contributed by atoms with van der Waals surface area (Å²) in [6, 6.07) is 3.94.